The molecule has 0 aliphatic carbocycles. The molecule has 5 nitrogen and oxygen atoms in total. The largest absolute Gasteiger partial charge is 0.451 e. The summed E-state index contributed by atoms with van der Waals surface area (Å²) in [6.45, 7) is 1.79. The number of carbonyl (C=O) groups is 1. The van der Waals surface area contributed by atoms with Crippen LogP contribution in [0.1, 0.15) is 18.6 Å². The van der Waals surface area contributed by atoms with E-state index in [0.717, 1.165) is 4.57 Å². The maximum absolute atomic E-state index is 12.5. The summed E-state index contributed by atoms with van der Waals surface area (Å²) < 4.78 is 38.4. The SMILES string of the molecule is CC(=O)N1CCn2c(nnc2C(F)(F)F)C1. The van der Waals surface area contributed by atoms with E-state index in [4.69, 9.17) is 0 Å². The van der Waals surface area contributed by atoms with Crippen LogP contribution in [0.5, 0.6) is 0 Å². The molecule has 1 aliphatic heterocycles. The molecule has 8 heteroatoms. The van der Waals surface area contributed by atoms with Crippen LogP contribution in [0.3, 0.4) is 0 Å². The molecular formula is C8H9F3N4O. The molecule has 0 bridgehead atoms. The predicted octanol–water partition coefficient (Wildman–Crippen LogP) is 0.659. The summed E-state index contributed by atoms with van der Waals surface area (Å²) in [6, 6.07) is 0. The normalized spacial score (nSPS) is 16.1. The van der Waals surface area contributed by atoms with E-state index in [1.54, 1.807) is 0 Å². The zero-order chi connectivity index (χ0) is 11.9. The number of hydrogen-bond donors (Lipinski definition) is 0. The van der Waals surface area contributed by atoms with Gasteiger partial charge in [0.05, 0.1) is 6.54 Å². The molecule has 0 radical (unpaired) electrons. The Labute approximate surface area is 88.9 Å². The van der Waals surface area contributed by atoms with E-state index in [0.29, 0.717) is 0 Å². The molecule has 0 saturated heterocycles. The maximum Gasteiger partial charge on any atom is 0.451 e. The summed E-state index contributed by atoms with van der Waals surface area (Å²) in [4.78, 5) is 12.5. The summed E-state index contributed by atoms with van der Waals surface area (Å²) in [5.74, 6) is -0.998. The molecule has 0 atom stereocenters. The van der Waals surface area contributed by atoms with Gasteiger partial charge in [-0.3, -0.25) is 4.79 Å². The standard InChI is InChI=1S/C8H9F3N4O/c1-5(16)14-2-3-15-6(4-14)12-13-7(15)8(9,10)11/h2-4H2,1H3. The second kappa shape index (κ2) is 3.46. The topological polar surface area (TPSA) is 51.0 Å². The predicted molar refractivity (Wildman–Crippen MR) is 46.1 cm³/mol. The molecule has 1 aliphatic rings. The van der Waals surface area contributed by atoms with Gasteiger partial charge in [-0.1, -0.05) is 0 Å². The molecule has 2 rings (SSSR count). The van der Waals surface area contributed by atoms with Gasteiger partial charge in [0.25, 0.3) is 0 Å². The molecule has 0 spiro atoms. The van der Waals surface area contributed by atoms with Crippen molar-refractivity contribution in [2.24, 2.45) is 0 Å². The van der Waals surface area contributed by atoms with Crippen LogP contribution in [0.4, 0.5) is 13.2 Å². The van der Waals surface area contributed by atoms with Gasteiger partial charge in [-0.15, -0.1) is 10.2 Å². The summed E-state index contributed by atoms with van der Waals surface area (Å²) >= 11 is 0. The van der Waals surface area contributed by atoms with Gasteiger partial charge in [0, 0.05) is 20.0 Å². The fourth-order valence-corrected chi connectivity index (χ4v) is 1.64. The highest BCUT2D eigenvalue weighted by Gasteiger charge is 2.39. The third kappa shape index (κ3) is 1.74. The van der Waals surface area contributed by atoms with Gasteiger partial charge < -0.3 is 9.47 Å². The van der Waals surface area contributed by atoms with Crippen molar-refractivity contribution in [3.05, 3.63) is 11.6 Å². The third-order valence-corrected chi connectivity index (χ3v) is 2.45. The summed E-state index contributed by atoms with van der Waals surface area (Å²) in [6.07, 6.45) is -4.50. The van der Waals surface area contributed by atoms with E-state index in [9.17, 15) is 18.0 Å². The first-order chi connectivity index (χ1) is 7.39. The number of nitrogens with zero attached hydrogens (tertiary/aromatic N) is 4. The molecule has 0 aromatic carbocycles. The number of aromatic nitrogens is 3. The van der Waals surface area contributed by atoms with Crippen molar-refractivity contribution in [2.45, 2.75) is 26.2 Å². The highest BCUT2D eigenvalue weighted by Crippen LogP contribution is 2.29. The number of rotatable bonds is 0. The lowest BCUT2D eigenvalue weighted by molar-refractivity contribution is -0.148. The molecular weight excluding hydrogens is 225 g/mol. The van der Waals surface area contributed by atoms with Gasteiger partial charge in [-0.2, -0.15) is 13.2 Å². The molecule has 1 aromatic heterocycles. The molecule has 0 saturated carbocycles. The molecule has 1 amide bonds. The number of amides is 1. The minimum Gasteiger partial charge on any atom is -0.334 e. The fraction of sp³-hybridized carbons (Fsp3) is 0.625. The molecule has 2 heterocycles. The summed E-state index contributed by atoms with van der Waals surface area (Å²) in [5, 5.41) is 6.57. The van der Waals surface area contributed by atoms with Crippen molar-refractivity contribution in [2.75, 3.05) is 6.54 Å². The molecule has 16 heavy (non-hydrogen) atoms. The maximum atomic E-state index is 12.5. The van der Waals surface area contributed by atoms with E-state index in [1.165, 1.54) is 11.8 Å². The van der Waals surface area contributed by atoms with Crippen molar-refractivity contribution in [3.63, 3.8) is 0 Å². The average molecular weight is 234 g/mol. The Balaban J connectivity index is 2.31. The monoisotopic (exact) mass is 234 g/mol. The van der Waals surface area contributed by atoms with Crippen LogP contribution in [0.25, 0.3) is 0 Å². The minimum atomic E-state index is -4.50. The zero-order valence-electron chi connectivity index (χ0n) is 8.45. The second-order valence-electron chi connectivity index (χ2n) is 3.53. The van der Waals surface area contributed by atoms with E-state index in [-0.39, 0.29) is 31.4 Å². The third-order valence-electron chi connectivity index (χ3n) is 2.45. The molecule has 0 N–H and O–H groups in total. The van der Waals surface area contributed by atoms with Crippen molar-refractivity contribution in [3.8, 4) is 0 Å². The van der Waals surface area contributed by atoms with Crippen LogP contribution < -0.4 is 0 Å². The Morgan fingerprint density at radius 2 is 2.00 bits per heavy atom. The zero-order valence-corrected chi connectivity index (χ0v) is 8.45. The van der Waals surface area contributed by atoms with E-state index >= 15 is 0 Å². The first kappa shape index (κ1) is 10.9. The molecule has 0 unspecified atom stereocenters. The summed E-state index contributed by atoms with van der Waals surface area (Å²) in [5.41, 5.74) is 0. The lowest BCUT2D eigenvalue weighted by atomic mass is 10.3. The summed E-state index contributed by atoms with van der Waals surface area (Å²) in [7, 11) is 0. The van der Waals surface area contributed by atoms with Gasteiger partial charge in [0.2, 0.25) is 11.7 Å². The van der Waals surface area contributed by atoms with Crippen LogP contribution in [-0.2, 0) is 24.1 Å². The molecule has 0 fully saturated rings. The van der Waals surface area contributed by atoms with E-state index < -0.39 is 12.0 Å². The Morgan fingerprint density at radius 3 is 2.56 bits per heavy atom. The highest BCUT2D eigenvalue weighted by molar-refractivity contribution is 5.73. The average Bonchev–Trinajstić information content (AvgIpc) is 2.58. The van der Waals surface area contributed by atoms with Gasteiger partial charge in [0.1, 0.15) is 0 Å². The fourth-order valence-electron chi connectivity index (χ4n) is 1.64. The van der Waals surface area contributed by atoms with E-state index in [2.05, 4.69) is 10.2 Å². The Hall–Kier alpha value is -1.60. The second-order valence-corrected chi connectivity index (χ2v) is 3.53. The van der Waals surface area contributed by atoms with Crippen molar-refractivity contribution in [1.82, 2.24) is 19.7 Å². The van der Waals surface area contributed by atoms with Crippen LogP contribution in [0.15, 0.2) is 0 Å². The Bertz CT molecular complexity index is 425. The van der Waals surface area contributed by atoms with Crippen molar-refractivity contribution >= 4 is 5.91 Å². The first-order valence-electron chi connectivity index (χ1n) is 4.64. The number of halogens is 3. The smallest absolute Gasteiger partial charge is 0.334 e. The molecule has 1 aromatic rings. The lowest BCUT2D eigenvalue weighted by Gasteiger charge is -2.26. The van der Waals surface area contributed by atoms with Gasteiger partial charge in [-0.25, -0.2) is 0 Å². The van der Waals surface area contributed by atoms with Crippen LogP contribution >= 0.6 is 0 Å². The van der Waals surface area contributed by atoms with Crippen molar-refractivity contribution < 1.29 is 18.0 Å². The number of hydrogen-bond acceptors (Lipinski definition) is 3. The highest BCUT2D eigenvalue weighted by atomic mass is 19.4. The number of fused-ring (bicyclic) bond motifs is 1. The molecule has 88 valence electrons. The Morgan fingerprint density at radius 1 is 1.31 bits per heavy atom. The lowest BCUT2D eigenvalue weighted by Crippen LogP contribution is -2.38. The van der Waals surface area contributed by atoms with Gasteiger partial charge in [-0.05, 0) is 0 Å². The van der Waals surface area contributed by atoms with Crippen LogP contribution in [0.2, 0.25) is 0 Å². The number of alkyl halides is 3. The van der Waals surface area contributed by atoms with E-state index in [1.807, 2.05) is 0 Å². The Kier molecular flexibility index (Phi) is 2.36. The van der Waals surface area contributed by atoms with Crippen molar-refractivity contribution in [1.29, 1.82) is 0 Å². The quantitative estimate of drug-likeness (QED) is 0.662. The van der Waals surface area contributed by atoms with Gasteiger partial charge in [0.15, 0.2) is 5.82 Å². The van der Waals surface area contributed by atoms with Crippen LogP contribution in [0, 0.1) is 0 Å². The first-order valence-corrected chi connectivity index (χ1v) is 4.64. The number of carbonyl (C=O) groups excluding carboxylic acids is 1. The van der Waals surface area contributed by atoms with Gasteiger partial charge >= 0.3 is 6.18 Å². The minimum absolute atomic E-state index is 0.0801. The van der Waals surface area contributed by atoms with Crippen LogP contribution in [-0.4, -0.2) is 32.1 Å².